The lowest BCUT2D eigenvalue weighted by Crippen LogP contribution is -2.18. The molecule has 1 aliphatic rings. The average molecular weight is 283 g/mol. The van der Waals surface area contributed by atoms with Crippen molar-refractivity contribution in [3.63, 3.8) is 0 Å². The molecule has 78 valence electrons. The van der Waals surface area contributed by atoms with E-state index in [4.69, 9.17) is 0 Å². The number of nitrogens with zero attached hydrogens (tertiary/aromatic N) is 2. The Hall–Kier alpha value is -0.610. The molecule has 2 nitrogen and oxygen atoms in total. The van der Waals surface area contributed by atoms with Gasteiger partial charge in [0, 0.05) is 23.3 Å². The Labute approximate surface area is 101 Å². The summed E-state index contributed by atoms with van der Waals surface area (Å²) in [5.41, 5.74) is 1.12. The SMILES string of the molecule is BrC1CCN(c2snc3ccccc23)C1. The quantitative estimate of drug-likeness (QED) is 0.747. The molecule has 1 aliphatic heterocycles. The first-order chi connectivity index (χ1) is 7.34. The van der Waals surface area contributed by atoms with Gasteiger partial charge in [0.1, 0.15) is 5.00 Å². The number of aromatic nitrogens is 1. The molecule has 0 amide bonds. The van der Waals surface area contributed by atoms with Crippen molar-refractivity contribution < 1.29 is 0 Å². The van der Waals surface area contributed by atoms with Gasteiger partial charge in [-0.2, -0.15) is 4.37 Å². The summed E-state index contributed by atoms with van der Waals surface area (Å²) in [4.78, 5) is 3.07. The Balaban J connectivity index is 2.04. The van der Waals surface area contributed by atoms with Crippen molar-refractivity contribution in [2.75, 3.05) is 18.0 Å². The highest BCUT2D eigenvalue weighted by atomic mass is 79.9. The minimum atomic E-state index is 0.637. The lowest BCUT2D eigenvalue weighted by Gasteiger charge is -2.14. The van der Waals surface area contributed by atoms with Crippen molar-refractivity contribution in [3.05, 3.63) is 24.3 Å². The van der Waals surface area contributed by atoms with Crippen LogP contribution in [-0.2, 0) is 0 Å². The number of rotatable bonds is 1. The third-order valence-corrected chi connectivity index (χ3v) is 4.47. The number of alkyl halides is 1. The molecule has 3 rings (SSSR count). The van der Waals surface area contributed by atoms with Crippen molar-refractivity contribution in [1.82, 2.24) is 4.37 Å². The van der Waals surface area contributed by atoms with Crippen LogP contribution < -0.4 is 4.90 Å². The van der Waals surface area contributed by atoms with Crippen molar-refractivity contribution in [3.8, 4) is 0 Å². The fourth-order valence-electron chi connectivity index (χ4n) is 2.01. The summed E-state index contributed by atoms with van der Waals surface area (Å²) in [7, 11) is 0. The molecule has 1 unspecified atom stereocenters. The Morgan fingerprint density at radius 3 is 3.07 bits per heavy atom. The summed E-state index contributed by atoms with van der Waals surface area (Å²) < 4.78 is 4.47. The van der Waals surface area contributed by atoms with Crippen molar-refractivity contribution in [2.45, 2.75) is 11.2 Å². The maximum Gasteiger partial charge on any atom is 0.120 e. The van der Waals surface area contributed by atoms with E-state index < -0.39 is 0 Å². The average Bonchev–Trinajstić information content (AvgIpc) is 2.83. The molecule has 0 bridgehead atoms. The van der Waals surface area contributed by atoms with Gasteiger partial charge >= 0.3 is 0 Å². The van der Waals surface area contributed by atoms with E-state index in [0.29, 0.717) is 4.83 Å². The molecule has 1 saturated heterocycles. The first-order valence-corrected chi connectivity index (χ1v) is 6.77. The van der Waals surface area contributed by atoms with Crippen LogP contribution in [0.5, 0.6) is 0 Å². The number of anilines is 1. The molecule has 0 radical (unpaired) electrons. The van der Waals surface area contributed by atoms with E-state index in [2.05, 4.69) is 43.4 Å². The minimum Gasteiger partial charge on any atom is -0.361 e. The van der Waals surface area contributed by atoms with Crippen LogP contribution in [0.15, 0.2) is 24.3 Å². The fourth-order valence-corrected chi connectivity index (χ4v) is 3.46. The molecule has 2 heterocycles. The molecular formula is C11H11BrN2S. The lowest BCUT2D eigenvalue weighted by atomic mass is 10.2. The molecule has 0 N–H and O–H groups in total. The zero-order valence-electron chi connectivity index (χ0n) is 8.19. The van der Waals surface area contributed by atoms with Gasteiger partial charge in [-0.3, -0.25) is 0 Å². The molecule has 0 saturated carbocycles. The van der Waals surface area contributed by atoms with Crippen molar-refractivity contribution >= 4 is 43.4 Å². The minimum absolute atomic E-state index is 0.637. The highest BCUT2D eigenvalue weighted by Gasteiger charge is 2.22. The van der Waals surface area contributed by atoms with Gasteiger partial charge in [-0.05, 0) is 30.1 Å². The third kappa shape index (κ3) is 1.66. The highest BCUT2D eigenvalue weighted by molar-refractivity contribution is 9.09. The number of halogens is 1. The Kier molecular flexibility index (Phi) is 2.41. The summed E-state index contributed by atoms with van der Waals surface area (Å²) in [6, 6.07) is 8.37. The van der Waals surface area contributed by atoms with Gasteiger partial charge in [0.2, 0.25) is 0 Å². The summed E-state index contributed by atoms with van der Waals surface area (Å²) in [5, 5.41) is 2.62. The van der Waals surface area contributed by atoms with Crippen molar-refractivity contribution in [2.24, 2.45) is 0 Å². The molecule has 2 aromatic rings. The number of hydrogen-bond donors (Lipinski definition) is 0. The van der Waals surface area contributed by atoms with Gasteiger partial charge in [0.25, 0.3) is 0 Å². The molecule has 0 spiro atoms. The van der Waals surface area contributed by atoms with Gasteiger partial charge in [-0.1, -0.05) is 28.1 Å². The van der Waals surface area contributed by atoms with Gasteiger partial charge in [0.05, 0.1) is 5.52 Å². The predicted molar refractivity (Wildman–Crippen MR) is 69.2 cm³/mol. The van der Waals surface area contributed by atoms with E-state index in [1.807, 2.05) is 6.07 Å². The van der Waals surface area contributed by atoms with E-state index in [1.54, 1.807) is 11.5 Å². The summed E-state index contributed by atoms with van der Waals surface area (Å²) in [6.45, 7) is 2.24. The molecule has 0 aliphatic carbocycles. The summed E-state index contributed by atoms with van der Waals surface area (Å²) >= 11 is 5.29. The van der Waals surface area contributed by atoms with E-state index in [9.17, 15) is 0 Å². The van der Waals surface area contributed by atoms with Crippen LogP contribution >= 0.6 is 27.5 Å². The Morgan fingerprint density at radius 1 is 1.40 bits per heavy atom. The van der Waals surface area contributed by atoms with Crippen LogP contribution in [0.3, 0.4) is 0 Å². The van der Waals surface area contributed by atoms with Gasteiger partial charge in [-0.25, -0.2) is 0 Å². The third-order valence-electron chi connectivity index (χ3n) is 2.78. The first-order valence-electron chi connectivity index (χ1n) is 5.08. The standard InChI is InChI=1S/C11H11BrN2S/c12-8-5-6-14(7-8)11-9-3-1-2-4-10(9)13-15-11/h1-4,8H,5-7H2. The van der Waals surface area contributed by atoms with E-state index in [0.717, 1.165) is 18.6 Å². The fraction of sp³-hybridized carbons (Fsp3) is 0.364. The van der Waals surface area contributed by atoms with E-state index in [1.165, 1.54) is 16.8 Å². The van der Waals surface area contributed by atoms with Gasteiger partial charge in [-0.15, -0.1) is 0 Å². The molecule has 15 heavy (non-hydrogen) atoms. The summed E-state index contributed by atoms with van der Waals surface area (Å²) in [6.07, 6.45) is 1.23. The monoisotopic (exact) mass is 282 g/mol. The molecule has 1 fully saturated rings. The summed E-state index contributed by atoms with van der Waals surface area (Å²) in [5.74, 6) is 0. The molecule has 4 heteroatoms. The zero-order chi connectivity index (χ0) is 10.3. The topological polar surface area (TPSA) is 16.1 Å². The number of fused-ring (bicyclic) bond motifs is 1. The van der Waals surface area contributed by atoms with Gasteiger partial charge < -0.3 is 4.90 Å². The number of hydrogen-bond acceptors (Lipinski definition) is 3. The highest BCUT2D eigenvalue weighted by Crippen LogP contribution is 2.34. The predicted octanol–water partition coefficient (Wildman–Crippen LogP) is 3.27. The van der Waals surface area contributed by atoms with Crippen LogP contribution in [-0.4, -0.2) is 22.3 Å². The molecule has 1 atom stereocenters. The van der Waals surface area contributed by atoms with Crippen LogP contribution in [0.2, 0.25) is 0 Å². The molecule has 1 aromatic carbocycles. The largest absolute Gasteiger partial charge is 0.361 e. The van der Waals surface area contributed by atoms with Crippen LogP contribution in [0, 0.1) is 0 Å². The van der Waals surface area contributed by atoms with Crippen LogP contribution in [0.1, 0.15) is 6.42 Å². The smallest absolute Gasteiger partial charge is 0.120 e. The Bertz CT molecular complexity index is 482. The normalized spacial score (nSPS) is 21.4. The van der Waals surface area contributed by atoms with Crippen LogP contribution in [0.4, 0.5) is 5.00 Å². The van der Waals surface area contributed by atoms with Crippen LogP contribution in [0.25, 0.3) is 10.9 Å². The lowest BCUT2D eigenvalue weighted by molar-refractivity contribution is 0.978. The molecular weight excluding hydrogens is 272 g/mol. The van der Waals surface area contributed by atoms with Crippen molar-refractivity contribution in [1.29, 1.82) is 0 Å². The maximum absolute atomic E-state index is 4.47. The first kappa shape index (κ1) is 9.60. The number of benzene rings is 1. The second-order valence-electron chi connectivity index (χ2n) is 3.84. The van der Waals surface area contributed by atoms with E-state index in [-0.39, 0.29) is 0 Å². The van der Waals surface area contributed by atoms with Gasteiger partial charge in [0.15, 0.2) is 0 Å². The second kappa shape index (κ2) is 3.76. The zero-order valence-corrected chi connectivity index (χ0v) is 10.6. The molecule has 1 aromatic heterocycles. The second-order valence-corrected chi connectivity index (χ2v) is 5.88. The Morgan fingerprint density at radius 2 is 2.27 bits per heavy atom. The maximum atomic E-state index is 4.47. The van der Waals surface area contributed by atoms with E-state index >= 15 is 0 Å².